The molecule has 4 aliphatic rings. The molecule has 19 heavy (non-hydrogen) atoms. The molecule has 106 valence electrons. The van der Waals surface area contributed by atoms with Gasteiger partial charge < -0.3 is 9.80 Å². The van der Waals surface area contributed by atoms with Crippen LogP contribution in [-0.4, -0.2) is 54.1 Å². The first-order chi connectivity index (χ1) is 9.14. The van der Waals surface area contributed by atoms with Crippen LogP contribution in [0.15, 0.2) is 0 Å². The Bertz CT molecular complexity index is 392. The molecule has 0 bridgehead atoms. The zero-order valence-electron chi connectivity index (χ0n) is 11.5. The lowest BCUT2D eigenvalue weighted by Gasteiger charge is -2.34. The van der Waals surface area contributed by atoms with Gasteiger partial charge in [-0.05, 0) is 56.4 Å². The predicted molar refractivity (Wildman–Crippen MR) is 70.4 cm³/mol. The van der Waals surface area contributed by atoms with Crippen LogP contribution in [0.4, 0.5) is 4.39 Å². The molecule has 0 radical (unpaired) electrons. The fourth-order valence-electron chi connectivity index (χ4n) is 3.85. The molecule has 2 saturated heterocycles. The van der Waals surface area contributed by atoms with Crippen LogP contribution in [0.2, 0.25) is 0 Å². The minimum absolute atomic E-state index is 0.212. The van der Waals surface area contributed by atoms with Gasteiger partial charge in [-0.2, -0.15) is 0 Å². The van der Waals surface area contributed by atoms with Gasteiger partial charge in [0.15, 0.2) is 5.67 Å². The van der Waals surface area contributed by atoms with E-state index in [1.165, 1.54) is 32.4 Å². The third-order valence-corrected chi connectivity index (χ3v) is 5.46. The molecule has 0 aromatic rings. The number of rotatable bonds is 3. The summed E-state index contributed by atoms with van der Waals surface area (Å²) in [5.74, 6) is 1.95. The summed E-state index contributed by atoms with van der Waals surface area (Å²) in [4.78, 5) is 16.5. The number of piperidine rings is 1. The second-order valence-electron chi connectivity index (χ2n) is 7.19. The molecule has 2 atom stereocenters. The number of fused-ring (bicyclic) bond motifs is 1. The molecule has 4 fully saturated rings. The summed E-state index contributed by atoms with van der Waals surface area (Å²) in [6.07, 6.45) is 4.90. The van der Waals surface area contributed by atoms with Crippen LogP contribution >= 0.6 is 0 Å². The Morgan fingerprint density at radius 1 is 1.11 bits per heavy atom. The smallest absolute Gasteiger partial charge is 0.260 e. The van der Waals surface area contributed by atoms with Gasteiger partial charge in [-0.1, -0.05) is 0 Å². The van der Waals surface area contributed by atoms with Crippen LogP contribution in [0.3, 0.4) is 0 Å². The quantitative estimate of drug-likeness (QED) is 0.776. The Morgan fingerprint density at radius 3 is 2.53 bits per heavy atom. The van der Waals surface area contributed by atoms with E-state index in [4.69, 9.17) is 0 Å². The number of nitrogens with zero attached hydrogens (tertiary/aromatic N) is 2. The van der Waals surface area contributed by atoms with E-state index >= 15 is 0 Å². The highest BCUT2D eigenvalue weighted by atomic mass is 19.1. The lowest BCUT2D eigenvalue weighted by molar-refractivity contribution is -0.137. The number of alkyl halides is 1. The fraction of sp³-hybridized carbons (Fsp3) is 0.933. The number of carbonyl (C=O) groups excluding carboxylic acids is 1. The number of hydrogen-bond donors (Lipinski definition) is 0. The van der Waals surface area contributed by atoms with Gasteiger partial charge in [0.25, 0.3) is 5.91 Å². The van der Waals surface area contributed by atoms with Gasteiger partial charge in [0.05, 0.1) is 0 Å². The zero-order chi connectivity index (χ0) is 13.0. The number of halogens is 1. The van der Waals surface area contributed by atoms with E-state index in [1.54, 1.807) is 0 Å². The van der Waals surface area contributed by atoms with Crippen molar-refractivity contribution in [2.45, 2.75) is 37.8 Å². The highest BCUT2D eigenvalue weighted by Crippen LogP contribution is 2.43. The maximum atomic E-state index is 13.9. The zero-order valence-corrected chi connectivity index (χ0v) is 11.5. The van der Waals surface area contributed by atoms with E-state index in [0.29, 0.717) is 24.7 Å². The molecular formula is C15H23FN2O. The minimum atomic E-state index is -1.47. The van der Waals surface area contributed by atoms with E-state index in [1.807, 2.05) is 4.90 Å². The summed E-state index contributed by atoms with van der Waals surface area (Å²) in [6, 6.07) is 0. The third kappa shape index (κ3) is 2.28. The summed E-state index contributed by atoms with van der Waals surface area (Å²) in [7, 11) is 0. The summed E-state index contributed by atoms with van der Waals surface area (Å²) in [6.45, 7) is 5.18. The van der Waals surface area contributed by atoms with E-state index in [-0.39, 0.29) is 5.91 Å². The molecule has 2 saturated carbocycles. The second-order valence-corrected chi connectivity index (χ2v) is 7.19. The largest absolute Gasteiger partial charge is 0.339 e. The summed E-state index contributed by atoms with van der Waals surface area (Å²) < 4.78 is 13.9. The maximum Gasteiger partial charge on any atom is 0.260 e. The van der Waals surface area contributed by atoms with Crippen LogP contribution in [-0.2, 0) is 4.79 Å². The Kier molecular flexibility index (Phi) is 2.66. The van der Waals surface area contributed by atoms with Crippen molar-refractivity contribution in [2.24, 2.45) is 17.8 Å². The molecule has 2 unspecified atom stereocenters. The molecular weight excluding hydrogens is 243 g/mol. The van der Waals surface area contributed by atoms with Crippen molar-refractivity contribution in [2.75, 3.05) is 32.7 Å². The highest BCUT2D eigenvalue weighted by molar-refractivity contribution is 5.88. The second kappa shape index (κ2) is 4.18. The normalized spacial score (nSPS) is 37.2. The average molecular weight is 266 g/mol. The van der Waals surface area contributed by atoms with Crippen molar-refractivity contribution in [3.63, 3.8) is 0 Å². The van der Waals surface area contributed by atoms with Gasteiger partial charge in [0.2, 0.25) is 0 Å². The predicted octanol–water partition coefficient (Wildman–Crippen LogP) is 1.68. The van der Waals surface area contributed by atoms with Crippen LogP contribution < -0.4 is 0 Å². The standard InChI is InChI=1S/C15H23FN2O/c16-15(4-5-15)14(19)18-9-12-3-6-17(7-11-1-2-11)8-13(12)10-18/h11-13H,1-10H2. The van der Waals surface area contributed by atoms with E-state index in [0.717, 1.165) is 25.6 Å². The molecule has 4 heteroatoms. The number of likely N-dealkylation sites (tertiary alicyclic amines) is 2. The summed E-state index contributed by atoms with van der Waals surface area (Å²) in [5.41, 5.74) is -1.47. The Labute approximate surface area is 114 Å². The number of hydrogen-bond acceptors (Lipinski definition) is 2. The average Bonchev–Trinajstić information content (AvgIpc) is 3.30. The van der Waals surface area contributed by atoms with Crippen molar-refractivity contribution in [1.29, 1.82) is 0 Å². The monoisotopic (exact) mass is 266 g/mol. The molecule has 0 spiro atoms. The summed E-state index contributed by atoms with van der Waals surface area (Å²) >= 11 is 0. The number of carbonyl (C=O) groups is 1. The number of amides is 1. The van der Waals surface area contributed by atoms with Gasteiger partial charge in [0, 0.05) is 26.2 Å². The molecule has 1 amide bonds. The van der Waals surface area contributed by atoms with Crippen LogP contribution in [0, 0.1) is 17.8 Å². The molecule has 3 nitrogen and oxygen atoms in total. The van der Waals surface area contributed by atoms with Gasteiger partial charge in [-0.25, -0.2) is 4.39 Å². The first-order valence-electron chi connectivity index (χ1n) is 7.85. The summed E-state index contributed by atoms with van der Waals surface area (Å²) in [5, 5.41) is 0. The van der Waals surface area contributed by atoms with E-state index in [9.17, 15) is 9.18 Å². The van der Waals surface area contributed by atoms with Crippen LogP contribution in [0.25, 0.3) is 0 Å². The maximum absolute atomic E-state index is 13.9. The van der Waals surface area contributed by atoms with Gasteiger partial charge in [-0.15, -0.1) is 0 Å². The van der Waals surface area contributed by atoms with Crippen LogP contribution in [0.1, 0.15) is 32.1 Å². The first-order valence-corrected chi connectivity index (χ1v) is 7.85. The molecule has 4 rings (SSSR count). The van der Waals surface area contributed by atoms with Crippen molar-refractivity contribution in [3.8, 4) is 0 Å². The Balaban J connectivity index is 1.36. The lowest BCUT2D eigenvalue weighted by atomic mass is 9.88. The molecule has 2 aliphatic carbocycles. The van der Waals surface area contributed by atoms with E-state index in [2.05, 4.69) is 4.90 Å². The van der Waals surface area contributed by atoms with Gasteiger partial charge >= 0.3 is 0 Å². The van der Waals surface area contributed by atoms with Crippen LogP contribution in [0.5, 0.6) is 0 Å². The Hall–Kier alpha value is -0.640. The van der Waals surface area contributed by atoms with Crippen molar-refractivity contribution >= 4 is 5.91 Å². The molecule has 0 aromatic carbocycles. The van der Waals surface area contributed by atoms with Crippen molar-refractivity contribution in [3.05, 3.63) is 0 Å². The molecule has 0 aromatic heterocycles. The molecule has 2 aliphatic heterocycles. The molecule has 2 heterocycles. The van der Waals surface area contributed by atoms with Gasteiger partial charge in [-0.3, -0.25) is 4.79 Å². The highest BCUT2D eigenvalue weighted by Gasteiger charge is 2.54. The fourth-order valence-corrected chi connectivity index (χ4v) is 3.85. The van der Waals surface area contributed by atoms with Crippen molar-refractivity contribution < 1.29 is 9.18 Å². The third-order valence-electron chi connectivity index (χ3n) is 5.46. The van der Waals surface area contributed by atoms with E-state index < -0.39 is 5.67 Å². The Morgan fingerprint density at radius 2 is 1.84 bits per heavy atom. The van der Waals surface area contributed by atoms with Crippen molar-refractivity contribution in [1.82, 2.24) is 9.80 Å². The topological polar surface area (TPSA) is 23.6 Å². The first kappa shape index (κ1) is 12.1. The molecule has 0 N–H and O–H groups in total. The SMILES string of the molecule is O=C(N1CC2CCN(CC3CC3)CC2C1)C1(F)CC1. The van der Waals surface area contributed by atoms with Gasteiger partial charge in [0.1, 0.15) is 0 Å². The minimum Gasteiger partial charge on any atom is -0.339 e. The lowest BCUT2D eigenvalue weighted by Crippen LogP contribution is -2.41.